The van der Waals surface area contributed by atoms with Gasteiger partial charge in [-0.2, -0.15) is 0 Å². The van der Waals surface area contributed by atoms with Crippen molar-refractivity contribution in [3.05, 3.63) is 0 Å². The summed E-state index contributed by atoms with van der Waals surface area (Å²) in [6.07, 6.45) is -3.44. The SMILES string of the molecule is CC(F)(F)C(C)(C)CC(F)F. The zero-order chi connectivity index (χ0) is 9.28. The highest BCUT2D eigenvalue weighted by molar-refractivity contribution is 4.81. The zero-order valence-electron chi connectivity index (χ0n) is 6.80. The summed E-state index contributed by atoms with van der Waals surface area (Å²) < 4.78 is 48.5. The van der Waals surface area contributed by atoms with Gasteiger partial charge in [0, 0.05) is 11.8 Å². The fraction of sp³-hybridized carbons (Fsp3) is 1.00. The van der Waals surface area contributed by atoms with Crippen LogP contribution in [0.2, 0.25) is 0 Å². The van der Waals surface area contributed by atoms with Crippen molar-refractivity contribution in [1.82, 2.24) is 0 Å². The second-order valence-electron chi connectivity index (χ2n) is 3.37. The standard InChI is InChI=1S/C7H12F4/c1-6(2,4-5(8)9)7(3,10)11/h5H,4H2,1-3H3. The van der Waals surface area contributed by atoms with Crippen LogP contribution in [0.3, 0.4) is 0 Å². The molecule has 0 aliphatic heterocycles. The quantitative estimate of drug-likeness (QED) is 0.573. The summed E-state index contributed by atoms with van der Waals surface area (Å²) in [5, 5.41) is 0. The van der Waals surface area contributed by atoms with Gasteiger partial charge in [0.2, 0.25) is 6.43 Å². The molecule has 0 rings (SSSR count). The molecular formula is C7H12F4. The number of hydrogen-bond donors (Lipinski definition) is 0. The third kappa shape index (κ3) is 3.08. The van der Waals surface area contributed by atoms with Gasteiger partial charge in [0.1, 0.15) is 0 Å². The molecule has 0 aliphatic carbocycles. The van der Waals surface area contributed by atoms with Gasteiger partial charge in [-0.05, 0) is 6.92 Å². The first kappa shape index (κ1) is 10.7. The molecule has 0 amide bonds. The fourth-order valence-electron chi connectivity index (χ4n) is 0.565. The van der Waals surface area contributed by atoms with Crippen LogP contribution in [-0.4, -0.2) is 12.3 Å². The minimum atomic E-state index is -3.05. The molecule has 0 N–H and O–H groups in total. The van der Waals surface area contributed by atoms with Crippen molar-refractivity contribution in [2.75, 3.05) is 0 Å². The average molecular weight is 172 g/mol. The molecule has 0 aromatic rings. The highest BCUT2D eigenvalue weighted by atomic mass is 19.3. The van der Waals surface area contributed by atoms with Crippen LogP contribution < -0.4 is 0 Å². The molecule has 0 atom stereocenters. The van der Waals surface area contributed by atoms with Gasteiger partial charge in [-0.15, -0.1) is 0 Å². The summed E-state index contributed by atoms with van der Waals surface area (Å²) in [7, 11) is 0. The number of alkyl halides is 4. The van der Waals surface area contributed by atoms with Gasteiger partial charge in [-0.25, -0.2) is 17.6 Å². The fourth-order valence-corrected chi connectivity index (χ4v) is 0.565. The Balaban J connectivity index is 4.22. The van der Waals surface area contributed by atoms with E-state index in [0.29, 0.717) is 6.92 Å². The van der Waals surface area contributed by atoms with Crippen LogP contribution in [0.1, 0.15) is 27.2 Å². The van der Waals surface area contributed by atoms with E-state index in [9.17, 15) is 17.6 Å². The third-order valence-corrected chi connectivity index (χ3v) is 1.85. The van der Waals surface area contributed by atoms with Crippen molar-refractivity contribution in [2.24, 2.45) is 5.41 Å². The zero-order valence-corrected chi connectivity index (χ0v) is 6.80. The van der Waals surface area contributed by atoms with Crippen molar-refractivity contribution >= 4 is 0 Å². The third-order valence-electron chi connectivity index (χ3n) is 1.85. The second-order valence-corrected chi connectivity index (χ2v) is 3.37. The van der Waals surface area contributed by atoms with Crippen molar-refractivity contribution in [2.45, 2.75) is 39.5 Å². The van der Waals surface area contributed by atoms with E-state index in [4.69, 9.17) is 0 Å². The molecule has 4 heteroatoms. The van der Waals surface area contributed by atoms with Gasteiger partial charge in [0.05, 0.1) is 0 Å². The van der Waals surface area contributed by atoms with Gasteiger partial charge >= 0.3 is 0 Å². The molecule has 0 heterocycles. The van der Waals surface area contributed by atoms with Crippen LogP contribution in [0.4, 0.5) is 17.6 Å². The molecule has 68 valence electrons. The highest BCUT2D eigenvalue weighted by Crippen LogP contribution is 2.40. The maximum absolute atomic E-state index is 12.5. The van der Waals surface area contributed by atoms with Crippen LogP contribution in [0, 0.1) is 5.41 Å². The lowest BCUT2D eigenvalue weighted by molar-refractivity contribution is -0.110. The summed E-state index contributed by atoms with van der Waals surface area (Å²) >= 11 is 0. The van der Waals surface area contributed by atoms with Crippen molar-refractivity contribution in [3.8, 4) is 0 Å². The van der Waals surface area contributed by atoms with Crippen LogP contribution >= 0.6 is 0 Å². The first-order valence-corrected chi connectivity index (χ1v) is 3.33. The molecule has 0 aromatic heterocycles. The molecule has 0 fully saturated rings. The largest absolute Gasteiger partial charge is 0.250 e. The van der Waals surface area contributed by atoms with Crippen LogP contribution in [0.15, 0.2) is 0 Å². The van der Waals surface area contributed by atoms with E-state index in [2.05, 4.69) is 0 Å². The molecule has 0 nitrogen and oxygen atoms in total. The maximum atomic E-state index is 12.5. The van der Waals surface area contributed by atoms with Gasteiger partial charge in [0.15, 0.2) is 0 Å². The molecule has 0 radical (unpaired) electrons. The molecule has 0 aromatic carbocycles. The first-order chi connectivity index (χ1) is 4.67. The Morgan fingerprint density at radius 2 is 1.45 bits per heavy atom. The monoisotopic (exact) mass is 172 g/mol. The molecular weight excluding hydrogens is 160 g/mol. The van der Waals surface area contributed by atoms with Crippen LogP contribution in [0.5, 0.6) is 0 Å². The summed E-state index contributed by atoms with van der Waals surface area (Å²) in [6.45, 7) is 2.94. The Morgan fingerprint density at radius 1 is 1.09 bits per heavy atom. The maximum Gasteiger partial charge on any atom is 0.250 e. The van der Waals surface area contributed by atoms with E-state index >= 15 is 0 Å². The van der Waals surface area contributed by atoms with E-state index in [1.807, 2.05) is 0 Å². The average Bonchev–Trinajstić information content (AvgIpc) is 1.56. The van der Waals surface area contributed by atoms with Gasteiger partial charge in [-0.1, -0.05) is 13.8 Å². The Bertz CT molecular complexity index is 123. The Kier molecular flexibility index (Phi) is 2.91. The predicted octanol–water partition coefficient (Wildman–Crippen LogP) is 3.32. The van der Waals surface area contributed by atoms with Gasteiger partial charge in [-0.3, -0.25) is 0 Å². The Morgan fingerprint density at radius 3 is 1.55 bits per heavy atom. The van der Waals surface area contributed by atoms with E-state index in [1.165, 1.54) is 0 Å². The molecule has 11 heavy (non-hydrogen) atoms. The smallest absolute Gasteiger partial charge is 0.211 e. The lowest BCUT2D eigenvalue weighted by Crippen LogP contribution is -2.35. The van der Waals surface area contributed by atoms with Crippen LogP contribution in [0.25, 0.3) is 0 Å². The van der Waals surface area contributed by atoms with E-state index in [1.54, 1.807) is 0 Å². The molecule has 0 saturated heterocycles. The summed E-state index contributed by atoms with van der Waals surface area (Å²) in [6, 6.07) is 0. The number of hydrogen-bond acceptors (Lipinski definition) is 0. The van der Waals surface area contributed by atoms with Gasteiger partial charge in [0.25, 0.3) is 5.92 Å². The van der Waals surface area contributed by atoms with E-state index in [0.717, 1.165) is 13.8 Å². The summed E-state index contributed by atoms with van der Waals surface area (Å²) in [5.41, 5.74) is -1.62. The van der Waals surface area contributed by atoms with Crippen molar-refractivity contribution in [3.63, 3.8) is 0 Å². The van der Waals surface area contributed by atoms with E-state index < -0.39 is 24.2 Å². The van der Waals surface area contributed by atoms with E-state index in [-0.39, 0.29) is 0 Å². The lowest BCUT2D eigenvalue weighted by atomic mass is 9.83. The first-order valence-electron chi connectivity index (χ1n) is 3.33. The molecule has 0 aliphatic rings. The molecule has 0 spiro atoms. The van der Waals surface area contributed by atoms with Gasteiger partial charge < -0.3 is 0 Å². The molecule has 0 saturated carbocycles. The Hall–Kier alpha value is -0.280. The summed E-state index contributed by atoms with van der Waals surface area (Å²) in [5.74, 6) is -3.05. The minimum absolute atomic E-state index is 0.662. The van der Waals surface area contributed by atoms with Crippen molar-refractivity contribution < 1.29 is 17.6 Å². The molecule has 0 bridgehead atoms. The second kappa shape index (κ2) is 2.99. The normalized spacial score (nSPS) is 14.2. The Labute approximate surface area is 63.6 Å². The lowest BCUT2D eigenvalue weighted by Gasteiger charge is -2.30. The number of rotatable bonds is 3. The minimum Gasteiger partial charge on any atom is -0.211 e. The predicted molar refractivity (Wildman–Crippen MR) is 35.0 cm³/mol. The van der Waals surface area contributed by atoms with Crippen LogP contribution in [-0.2, 0) is 0 Å². The molecule has 0 unspecified atom stereocenters. The summed E-state index contributed by atoms with van der Waals surface area (Å²) in [4.78, 5) is 0. The van der Waals surface area contributed by atoms with Crippen molar-refractivity contribution in [1.29, 1.82) is 0 Å². The number of halogens is 4. The highest BCUT2D eigenvalue weighted by Gasteiger charge is 2.43. The topological polar surface area (TPSA) is 0 Å².